The Kier molecular flexibility index (Phi) is 9.14. The summed E-state index contributed by atoms with van der Waals surface area (Å²) in [6.45, 7) is 2.87. The Labute approximate surface area is 318 Å². The molecule has 1 aromatic heterocycles. The van der Waals surface area contributed by atoms with Crippen LogP contribution in [0.4, 0.5) is 18.9 Å². The van der Waals surface area contributed by atoms with E-state index in [9.17, 15) is 32.7 Å². The van der Waals surface area contributed by atoms with Crippen LogP contribution >= 0.6 is 0 Å². The van der Waals surface area contributed by atoms with Crippen molar-refractivity contribution < 1.29 is 50.6 Å². The Balaban J connectivity index is 0.895. The predicted octanol–water partition coefficient (Wildman–Crippen LogP) is 3.03. The van der Waals surface area contributed by atoms with Gasteiger partial charge in [0.2, 0.25) is 17.7 Å². The monoisotopic (exact) mass is 797 g/mol. The second-order valence-electron chi connectivity index (χ2n) is 15.0. The standard InChI is InChI=1S/C37H38F3N7O8S/c1-19(2)47-28-11-21(4-6-24(28)34(42-47)25-7-8-30(49)41-36(25)52)27-9-10-44(18-37(27,39)40)17-32(51)45-14-23(15-45)55-22-5-3-20-12-29(48)35(33(38)26(20)13-22)46-16-31(50)43-56(46,53)54/h3-6,11-13,19,23,25,27,48H,7-10,14-18H2,1-2H3,(H,43,50)(H,41,49,52). The van der Waals surface area contributed by atoms with E-state index in [-0.39, 0.29) is 73.4 Å². The maximum atomic E-state index is 15.8. The highest BCUT2D eigenvalue weighted by Crippen LogP contribution is 2.43. The van der Waals surface area contributed by atoms with E-state index in [4.69, 9.17) is 9.84 Å². The molecule has 4 aliphatic heterocycles. The van der Waals surface area contributed by atoms with Gasteiger partial charge in [-0.3, -0.25) is 34.1 Å². The van der Waals surface area contributed by atoms with Crippen molar-refractivity contribution in [2.24, 2.45) is 0 Å². The lowest BCUT2D eigenvalue weighted by atomic mass is 9.85. The maximum Gasteiger partial charge on any atom is 0.326 e. The molecule has 4 saturated heterocycles. The third-order valence-corrected chi connectivity index (χ3v) is 12.2. The lowest BCUT2D eigenvalue weighted by molar-refractivity contribution is -0.144. The molecule has 4 aliphatic rings. The van der Waals surface area contributed by atoms with E-state index in [1.54, 1.807) is 27.6 Å². The largest absolute Gasteiger partial charge is 0.506 e. The van der Waals surface area contributed by atoms with Crippen LogP contribution in [0, 0.1) is 5.82 Å². The highest BCUT2D eigenvalue weighted by atomic mass is 32.2. The number of imide groups is 1. The van der Waals surface area contributed by atoms with Crippen LogP contribution in [0.2, 0.25) is 0 Å². The normalized spacial score (nSPS) is 22.8. The Morgan fingerprint density at radius 2 is 1.82 bits per heavy atom. The molecule has 3 aromatic carbocycles. The summed E-state index contributed by atoms with van der Waals surface area (Å²) in [6, 6.07) is 10.5. The first-order chi connectivity index (χ1) is 26.5. The number of aromatic hydroxyl groups is 1. The van der Waals surface area contributed by atoms with Crippen molar-refractivity contribution >= 4 is 61.2 Å². The molecule has 0 radical (unpaired) electrons. The molecule has 15 nitrogen and oxygen atoms in total. The van der Waals surface area contributed by atoms with Crippen LogP contribution in [0.3, 0.4) is 0 Å². The smallest absolute Gasteiger partial charge is 0.326 e. The fourth-order valence-corrected chi connectivity index (χ4v) is 9.18. The van der Waals surface area contributed by atoms with Crippen LogP contribution in [0.5, 0.6) is 11.5 Å². The summed E-state index contributed by atoms with van der Waals surface area (Å²) in [7, 11) is -4.39. The number of hydrogen-bond acceptors (Lipinski definition) is 10. The van der Waals surface area contributed by atoms with Gasteiger partial charge in [0.15, 0.2) is 5.82 Å². The number of likely N-dealkylation sites (tertiary alicyclic amines) is 2. The number of rotatable bonds is 8. The minimum absolute atomic E-state index is 0.0659. The lowest BCUT2D eigenvalue weighted by Gasteiger charge is -2.42. The number of amides is 4. The van der Waals surface area contributed by atoms with Crippen LogP contribution < -0.4 is 19.1 Å². The number of phenols is 1. The average Bonchev–Trinajstić information content (AvgIpc) is 3.60. The number of piperidine rings is 2. The van der Waals surface area contributed by atoms with Crippen LogP contribution in [0.25, 0.3) is 21.7 Å². The third-order valence-electron chi connectivity index (χ3n) is 10.8. The topological polar surface area (TPSA) is 183 Å². The van der Waals surface area contributed by atoms with Crippen molar-refractivity contribution in [3.05, 3.63) is 59.5 Å². The second kappa shape index (κ2) is 13.6. The van der Waals surface area contributed by atoms with Crippen molar-refractivity contribution in [1.82, 2.24) is 29.6 Å². The Morgan fingerprint density at radius 1 is 1.05 bits per heavy atom. The minimum atomic E-state index is -4.39. The zero-order valence-electron chi connectivity index (χ0n) is 30.3. The summed E-state index contributed by atoms with van der Waals surface area (Å²) < 4.78 is 81.8. The number of benzene rings is 3. The number of carbonyl (C=O) groups is 4. The highest BCUT2D eigenvalue weighted by molar-refractivity contribution is 7.92. The molecule has 4 amide bonds. The molecule has 0 bridgehead atoms. The summed E-state index contributed by atoms with van der Waals surface area (Å²) in [5.41, 5.74) is 0.900. The van der Waals surface area contributed by atoms with E-state index in [1.807, 2.05) is 13.8 Å². The van der Waals surface area contributed by atoms with E-state index in [0.29, 0.717) is 32.9 Å². The first kappa shape index (κ1) is 37.5. The second-order valence-corrected chi connectivity index (χ2v) is 16.6. The van der Waals surface area contributed by atoms with Gasteiger partial charge in [0.05, 0.1) is 49.2 Å². The van der Waals surface area contributed by atoms with Crippen molar-refractivity contribution in [2.45, 2.75) is 63.0 Å². The zero-order valence-corrected chi connectivity index (χ0v) is 31.1. The van der Waals surface area contributed by atoms with Crippen molar-refractivity contribution in [1.29, 1.82) is 0 Å². The predicted molar refractivity (Wildman–Crippen MR) is 195 cm³/mol. The van der Waals surface area contributed by atoms with E-state index >= 15 is 13.2 Å². The number of alkyl halides is 2. The van der Waals surface area contributed by atoms with Crippen LogP contribution in [0.15, 0.2) is 42.5 Å². The minimum Gasteiger partial charge on any atom is -0.506 e. The fourth-order valence-electron chi connectivity index (χ4n) is 8.02. The molecule has 2 atom stereocenters. The Morgan fingerprint density at radius 3 is 2.50 bits per heavy atom. The quantitative estimate of drug-likeness (QED) is 0.224. The van der Waals surface area contributed by atoms with Gasteiger partial charge in [-0.1, -0.05) is 18.2 Å². The number of fused-ring (bicyclic) bond motifs is 2. The molecule has 3 N–H and O–H groups in total. The van der Waals surface area contributed by atoms with Gasteiger partial charge in [0.25, 0.3) is 11.8 Å². The van der Waals surface area contributed by atoms with Crippen LogP contribution in [-0.2, 0) is 29.4 Å². The number of ether oxygens (including phenoxy) is 1. The van der Waals surface area contributed by atoms with Gasteiger partial charge in [-0.05, 0) is 68.4 Å². The molecular formula is C37H38F3N7O8S. The van der Waals surface area contributed by atoms with E-state index < -0.39 is 76.2 Å². The maximum absolute atomic E-state index is 15.8. The summed E-state index contributed by atoms with van der Waals surface area (Å²) in [5, 5.41) is 18.3. The molecule has 2 unspecified atom stereocenters. The summed E-state index contributed by atoms with van der Waals surface area (Å²) in [5.74, 6) is -8.40. The molecule has 296 valence electrons. The number of nitrogens with one attached hydrogen (secondary N) is 2. The van der Waals surface area contributed by atoms with Gasteiger partial charge >= 0.3 is 10.2 Å². The molecule has 19 heteroatoms. The molecule has 0 aliphatic carbocycles. The average molecular weight is 798 g/mol. The molecule has 4 aromatic rings. The van der Waals surface area contributed by atoms with E-state index in [2.05, 4.69) is 5.32 Å². The molecule has 56 heavy (non-hydrogen) atoms. The summed E-state index contributed by atoms with van der Waals surface area (Å²) in [4.78, 5) is 52.1. The summed E-state index contributed by atoms with van der Waals surface area (Å²) >= 11 is 0. The fraction of sp³-hybridized carbons (Fsp3) is 0.432. The molecule has 0 saturated carbocycles. The first-order valence-electron chi connectivity index (χ1n) is 18.2. The molecule has 5 heterocycles. The van der Waals surface area contributed by atoms with Crippen molar-refractivity contribution in [3.63, 3.8) is 0 Å². The van der Waals surface area contributed by atoms with Gasteiger partial charge in [0.1, 0.15) is 29.8 Å². The van der Waals surface area contributed by atoms with Crippen molar-refractivity contribution in [3.8, 4) is 11.5 Å². The van der Waals surface area contributed by atoms with Gasteiger partial charge in [-0.25, -0.2) is 22.2 Å². The van der Waals surface area contributed by atoms with Crippen LogP contribution in [-0.4, -0.2) is 108 Å². The van der Waals surface area contributed by atoms with Gasteiger partial charge in [-0.2, -0.15) is 13.5 Å². The van der Waals surface area contributed by atoms with Crippen molar-refractivity contribution in [2.75, 3.05) is 43.6 Å². The number of aromatic nitrogens is 2. The first-order valence-corrected chi connectivity index (χ1v) is 19.6. The molecule has 0 spiro atoms. The molecular weight excluding hydrogens is 760 g/mol. The Bertz CT molecular complexity index is 2440. The number of carbonyl (C=O) groups excluding carboxylic acids is 4. The van der Waals surface area contributed by atoms with Gasteiger partial charge in [0, 0.05) is 23.2 Å². The molecule has 4 fully saturated rings. The Hall–Kier alpha value is -5.43. The highest BCUT2D eigenvalue weighted by Gasteiger charge is 2.47. The third kappa shape index (κ3) is 6.65. The SMILES string of the molecule is CC(C)n1nc(C2CCC(=O)NC2=O)c2ccc(C3CCN(CC(=O)N4CC(Oc5ccc6cc(O)c(N7CC(=O)NS7(=O)=O)c(F)c6c5)C4)CC3(F)F)cc21. The van der Waals surface area contributed by atoms with E-state index in [1.165, 1.54) is 34.1 Å². The summed E-state index contributed by atoms with van der Waals surface area (Å²) in [6.07, 6.45) is 0.125. The molecule has 8 rings (SSSR count). The number of anilines is 1. The zero-order chi connectivity index (χ0) is 39.8. The van der Waals surface area contributed by atoms with E-state index in [0.717, 1.165) is 0 Å². The van der Waals surface area contributed by atoms with Crippen LogP contribution in [0.1, 0.15) is 62.2 Å². The number of nitrogens with zero attached hydrogens (tertiary/aromatic N) is 5. The number of halogens is 3. The van der Waals surface area contributed by atoms with Gasteiger partial charge < -0.3 is 14.7 Å². The number of phenolic OH excluding ortho intramolecular Hbond substituents is 1. The lowest BCUT2D eigenvalue weighted by Crippen LogP contribution is -2.59. The van der Waals surface area contributed by atoms with Gasteiger partial charge in [-0.15, -0.1) is 0 Å². The number of hydrogen-bond donors (Lipinski definition) is 3.